The minimum Gasteiger partial charge on any atom is -0.310 e. The van der Waals surface area contributed by atoms with E-state index in [0.717, 1.165) is 37.4 Å². The largest absolute Gasteiger partial charge is 0.310 e. The summed E-state index contributed by atoms with van der Waals surface area (Å²) in [5.41, 5.74) is 2.03. The number of aryl methyl sites for hydroxylation is 1. The van der Waals surface area contributed by atoms with Crippen molar-refractivity contribution in [3.8, 4) is 0 Å². The normalized spacial score (nSPS) is 18.7. The van der Waals surface area contributed by atoms with Crippen molar-refractivity contribution in [2.24, 2.45) is 7.05 Å². The fourth-order valence-corrected chi connectivity index (χ4v) is 3.80. The van der Waals surface area contributed by atoms with Crippen LogP contribution in [0.2, 0.25) is 0 Å². The summed E-state index contributed by atoms with van der Waals surface area (Å²) in [5.74, 6) is 1.30. The Morgan fingerprint density at radius 3 is 3.00 bits per heavy atom. The van der Waals surface area contributed by atoms with Gasteiger partial charge in [-0.15, -0.1) is 0 Å². The average Bonchev–Trinajstić information content (AvgIpc) is 3.06. The van der Waals surface area contributed by atoms with E-state index >= 15 is 0 Å². The van der Waals surface area contributed by atoms with Gasteiger partial charge >= 0.3 is 0 Å². The van der Waals surface area contributed by atoms with E-state index in [4.69, 9.17) is 0 Å². The SMILES string of the molecule is Cn1nccc1[C@@H]1CCCN(CCc2nc3ccccc3c(=O)[nH]2)C1. The minimum absolute atomic E-state index is 0.0491. The van der Waals surface area contributed by atoms with E-state index in [1.54, 1.807) is 0 Å². The van der Waals surface area contributed by atoms with Gasteiger partial charge in [-0.3, -0.25) is 9.48 Å². The fraction of sp³-hybridized carbons (Fsp3) is 0.421. The van der Waals surface area contributed by atoms with Gasteiger partial charge in [0, 0.05) is 44.4 Å². The van der Waals surface area contributed by atoms with Crippen LogP contribution in [0.5, 0.6) is 0 Å². The second-order valence-corrected chi connectivity index (χ2v) is 6.80. The highest BCUT2D eigenvalue weighted by Gasteiger charge is 2.23. The number of aromatic amines is 1. The molecule has 0 spiro atoms. The molecule has 0 amide bonds. The fourth-order valence-electron chi connectivity index (χ4n) is 3.80. The van der Waals surface area contributed by atoms with E-state index < -0.39 is 0 Å². The Morgan fingerprint density at radius 1 is 1.28 bits per heavy atom. The maximum Gasteiger partial charge on any atom is 0.258 e. The van der Waals surface area contributed by atoms with Gasteiger partial charge in [-0.2, -0.15) is 5.10 Å². The first-order chi connectivity index (χ1) is 12.2. The molecule has 1 atom stereocenters. The van der Waals surface area contributed by atoms with Crippen LogP contribution >= 0.6 is 0 Å². The average molecular weight is 337 g/mol. The molecule has 1 fully saturated rings. The Morgan fingerprint density at radius 2 is 2.16 bits per heavy atom. The lowest BCUT2D eigenvalue weighted by molar-refractivity contribution is 0.205. The molecule has 0 radical (unpaired) electrons. The van der Waals surface area contributed by atoms with Gasteiger partial charge in [-0.05, 0) is 37.6 Å². The number of aromatic nitrogens is 4. The number of nitrogens with one attached hydrogen (secondary N) is 1. The molecule has 0 unspecified atom stereocenters. The quantitative estimate of drug-likeness (QED) is 0.791. The summed E-state index contributed by atoms with van der Waals surface area (Å²) < 4.78 is 1.98. The first-order valence-electron chi connectivity index (χ1n) is 8.89. The maximum atomic E-state index is 12.2. The molecule has 1 aliphatic rings. The molecule has 25 heavy (non-hydrogen) atoms. The lowest BCUT2D eigenvalue weighted by Crippen LogP contribution is -2.36. The van der Waals surface area contributed by atoms with Crippen molar-refractivity contribution in [1.29, 1.82) is 0 Å². The van der Waals surface area contributed by atoms with Gasteiger partial charge in [0.25, 0.3) is 5.56 Å². The minimum atomic E-state index is -0.0491. The van der Waals surface area contributed by atoms with Gasteiger partial charge in [-0.1, -0.05) is 12.1 Å². The Labute approximate surface area is 146 Å². The monoisotopic (exact) mass is 337 g/mol. The highest BCUT2D eigenvalue weighted by atomic mass is 16.1. The zero-order chi connectivity index (χ0) is 17.2. The van der Waals surface area contributed by atoms with Gasteiger partial charge in [-0.25, -0.2) is 4.98 Å². The second kappa shape index (κ2) is 6.80. The lowest BCUT2D eigenvalue weighted by Gasteiger charge is -2.32. The molecule has 130 valence electrons. The van der Waals surface area contributed by atoms with Crippen LogP contribution in [0.3, 0.4) is 0 Å². The van der Waals surface area contributed by atoms with Gasteiger partial charge in [0.2, 0.25) is 0 Å². The molecule has 0 saturated carbocycles. The number of fused-ring (bicyclic) bond motifs is 1. The maximum absolute atomic E-state index is 12.2. The van der Waals surface area contributed by atoms with Crippen LogP contribution in [-0.4, -0.2) is 44.3 Å². The molecule has 1 N–H and O–H groups in total. The lowest BCUT2D eigenvalue weighted by atomic mass is 9.94. The predicted octanol–water partition coefficient (Wildman–Crippen LogP) is 2.08. The molecule has 0 aliphatic carbocycles. The van der Waals surface area contributed by atoms with E-state index in [1.807, 2.05) is 42.2 Å². The predicted molar refractivity (Wildman–Crippen MR) is 97.7 cm³/mol. The summed E-state index contributed by atoms with van der Waals surface area (Å²) in [6, 6.07) is 9.62. The molecule has 6 heteroatoms. The molecule has 6 nitrogen and oxygen atoms in total. The second-order valence-electron chi connectivity index (χ2n) is 6.80. The van der Waals surface area contributed by atoms with E-state index in [1.165, 1.54) is 18.5 Å². The summed E-state index contributed by atoms with van der Waals surface area (Å²) in [6.45, 7) is 3.05. The highest BCUT2D eigenvalue weighted by molar-refractivity contribution is 5.77. The Bertz CT molecular complexity index is 929. The smallest absolute Gasteiger partial charge is 0.258 e. The number of H-pyrrole nitrogens is 1. The topological polar surface area (TPSA) is 66.8 Å². The van der Waals surface area contributed by atoms with Gasteiger partial charge in [0.05, 0.1) is 10.9 Å². The molecular formula is C19H23N5O. The third-order valence-electron chi connectivity index (χ3n) is 5.11. The summed E-state index contributed by atoms with van der Waals surface area (Å²) >= 11 is 0. The first-order valence-corrected chi connectivity index (χ1v) is 8.89. The van der Waals surface area contributed by atoms with E-state index in [-0.39, 0.29) is 5.56 Å². The van der Waals surface area contributed by atoms with Crippen molar-refractivity contribution in [2.75, 3.05) is 19.6 Å². The van der Waals surface area contributed by atoms with E-state index in [2.05, 4.69) is 26.0 Å². The molecule has 1 aliphatic heterocycles. The number of nitrogens with zero attached hydrogens (tertiary/aromatic N) is 4. The van der Waals surface area contributed by atoms with Crippen molar-refractivity contribution < 1.29 is 0 Å². The molecule has 3 aromatic rings. The Kier molecular flexibility index (Phi) is 4.36. The van der Waals surface area contributed by atoms with Crippen LogP contribution in [0.25, 0.3) is 10.9 Å². The molecule has 4 rings (SSSR count). The third-order valence-corrected chi connectivity index (χ3v) is 5.11. The Balaban J connectivity index is 1.44. The van der Waals surface area contributed by atoms with Crippen molar-refractivity contribution in [2.45, 2.75) is 25.2 Å². The van der Waals surface area contributed by atoms with Crippen LogP contribution in [0, 0.1) is 0 Å². The van der Waals surface area contributed by atoms with Gasteiger partial charge in [0.15, 0.2) is 0 Å². The number of rotatable bonds is 4. The molecule has 1 saturated heterocycles. The molecule has 1 aromatic carbocycles. The van der Waals surface area contributed by atoms with Crippen LogP contribution in [0.4, 0.5) is 0 Å². The zero-order valence-corrected chi connectivity index (χ0v) is 14.5. The summed E-state index contributed by atoms with van der Waals surface area (Å²) in [5, 5.41) is 4.95. The molecule has 2 aromatic heterocycles. The van der Waals surface area contributed by atoms with Crippen molar-refractivity contribution in [3.63, 3.8) is 0 Å². The molecule has 3 heterocycles. The highest BCUT2D eigenvalue weighted by Crippen LogP contribution is 2.26. The molecular weight excluding hydrogens is 314 g/mol. The number of likely N-dealkylation sites (tertiary alicyclic amines) is 1. The number of para-hydroxylation sites is 1. The van der Waals surface area contributed by atoms with Crippen LogP contribution in [0.1, 0.15) is 30.3 Å². The van der Waals surface area contributed by atoms with Crippen molar-refractivity contribution in [1.82, 2.24) is 24.6 Å². The van der Waals surface area contributed by atoms with Crippen LogP contribution in [-0.2, 0) is 13.5 Å². The summed E-state index contributed by atoms with van der Waals surface area (Å²) in [7, 11) is 2.01. The van der Waals surface area contributed by atoms with Crippen molar-refractivity contribution >= 4 is 10.9 Å². The van der Waals surface area contributed by atoms with Gasteiger partial charge in [0.1, 0.15) is 5.82 Å². The van der Waals surface area contributed by atoms with E-state index in [9.17, 15) is 4.79 Å². The Hall–Kier alpha value is -2.47. The van der Waals surface area contributed by atoms with E-state index in [0.29, 0.717) is 11.3 Å². The standard InChI is InChI=1S/C19H23N5O/c1-23-17(8-10-20-23)14-5-4-11-24(13-14)12-9-18-21-16-7-3-2-6-15(16)19(25)22-18/h2-3,6-8,10,14H,4-5,9,11-13H2,1H3,(H,21,22,25)/t14-/m1/s1. The van der Waals surface area contributed by atoms with Crippen LogP contribution in [0.15, 0.2) is 41.3 Å². The number of hydrogen-bond acceptors (Lipinski definition) is 4. The van der Waals surface area contributed by atoms with Crippen molar-refractivity contribution in [3.05, 3.63) is 58.4 Å². The summed E-state index contributed by atoms with van der Waals surface area (Å²) in [4.78, 5) is 22.2. The third kappa shape index (κ3) is 3.35. The number of benzene rings is 1. The van der Waals surface area contributed by atoms with Gasteiger partial charge < -0.3 is 9.88 Å². The number of hydrogen-bond donors (Lipinski definition) is 1. The molecule has 0 bridgehead atoms. The summed E-state index contributed by atoms with van der Waals surface area (Å²) in [6.07, 6.45) is 5.04. The zero-order valence-electron chi connectivity index (χ0n) is 14.5. The first kappa shape index (κ1) is 16.0. The number of piperidine rings is 1. The van der Waals surface area contributed by atoms with Crippen LogP contribution < -0.4 is 5.56 Å².